The molecule has 0 saturated heterocycles. The fourth-order valence-electron chi connectivity index (χ4n) is 1.57. The summed E-state index contributed by atoms with van der Waals surface area (Å²) < 4.78 is 26.6. The summed E-state index contributed by atoms with van der Waals surface area (Å²) in [6.07, 6.45) is 1.40. The van der Waals surface area contributed by atoms with Gasteiger partial charge in [0.1, 0.15) is 0 Å². The van der Waals surface area contributed by atoms with Crippen LogP contribution in [0.15, 0.2) is 35.5 Å². The van der Waals surface area contributed by atoms with E-state index in [0.717, 1.165) is 5.56 Å². The van der Waals surface area contributed by atoms with Crippen molar-refractivity contribution in [1.29, 1.82) is 0 Å². The number of hydrogen-bond acceptors (Lipinski definition) is 4. The van der Waals surface area contributed by atoms with Gasteiger partial charge in [-0.05, 0) is 17.7 Å². The molecule has 4 N–H and O–H groups in total. The molecule has 1 aromatic carbocycles. The average Bonchev–Trinajstić information content (AvgIpc) is 2.86. The highest BCUT2D eigenvalue weighted by Gasteiger charge is 2.19. The molecule has 0 atom stereocenters. The normalized spacial score (nSPS) is 11.7. The maximum atomic E-state index is 12.1. The SMILES string of the molecule is NCc1cn[nH]c1S(=O)(=O)NCc1cccc(Cl)c1. The Kier molecular flexibility index (Phi) is 4.20. The number of nitrogens with zero attached hydrogens (tertiary/aromatic N) is 1. The molecule has 0 aliphatic rings. The van der Waals surface area contributed by atoms with Gasteiger partial charge in [-0.2, -0.15) is 5.10 Å². The van der Waals surface area contributed by atoms with Crippen LogP contribution in [0.5, 0.6) is 0 Å². The van der Waals surface area contributed by atoms with E-state index < -0.39 is 10.0 Å². The van der Waals surface area contributed by atoms with Crippen molar-refractivity contribution in [3.05, 3.63) is 46.6 Å². The van der Waals surface area contributed by atoms with E-state index in [0.29, 0.717) is 10.6 Å². The predicted molar refractivity (Wildman–Crippen MR) is 72.0 cm³/mol. The van der Waals surface area contributed by atoms with Crippen LogP contribution in [0.4, 0.5) is 0 Å². The number of halogens is 1. The van der Waals surface area contributed by atoms with E-state index in [1.165, 1.54) is 6.20 Å². The Morgan fingerprint density at radius 2 is 2.21 bits per heavy atom. The van der Waals surface area contributed by atoms with E-state index in [9.17, 15) is 8.42 Å². The zero-order chi connectivity index (χ0) is 13.9. The lowest BCUT2D eigenvalue weighted by Crippen LogP contribution is -2.25. The topological polar surface area (TPSA) is 101 Å². The Morgan fingerprint density at radius 3 is 2.89 bits per heavy atom. The van der Waals surface area contributed by atoms with Crippen molar-refractivity contribution in [2.45, 2.75) is 18.1 Å². The van der Waals surface area contributed by atoms with Gasteiger partial charge in [0.05, 0.1) is 6.20 Å². The number of hydrogen-bond donors (Lipinski definition) is 3. The van der Waals surface area contributed by atoms with Crippen LogP contribution >= 0.6 is 11.6 Å². The summed E-state index contributed by atoms with van der Waals surface area (Å²) in [5.41, 5.74) is 6.66. The molecule has 2 rings (SSSR count). The molecule has 102 valence electrons. The van der Waals surface area contributed by atoms with Gasteiger partial charge in [-0.3, -0.25) is 5.10 Å². The Bertz CT molecular complexity index is 669. The first-order valence-corrected chi connectivity index (χ1v) is 7.35. The highest BCUT2D eigenvalue weighted by atomic mass is 35.5. The predicted octanol–water partition coefficient (Wildman–Crippen LogP) is 1.00. The third-order valence-corrected chi connectivity index (χ3v) is 4.17. The first-order valence-electron chi connectivity index (χ1n) is 5.49. The van der Waals surface area contributed by atoms with Crippen molar-refractivity contribution in [2.75, 3.05) is 0 Å². The minimum absolute atomic E-state index is 0.00275. The fraction of sp³-hybridized carbons (Fsp3) is 0.182. The van der Waals surface area contributed by atoms with Crippen molar-refractivity contribution < 1.29 is 8.42 Å². The van der Waals surface area contributed by atoms with Gasteiger partial charge >= 0.3 is 0 Å². The molecule has 0 radical (unpaired) electrons. The molecule has 6 nitrogen and oxygen atoms in total. The van der Waals surface area contributed by atoms with Gasteiger partial charge in [0.25, 0.3) is 10.0 Å². The number of H-pyrrole nitrogens is 1. The van der Waals surface area contributed by atoms with Crippen molar-refractivity contribution >= 4 is 21.6 Å². The second kappa shape index (κ2) is 5.70. The standard InChI is InChI=1S/C11H13ClN4O2S/c12-10-3-1-2-8(4-10)6-15-19(17,18)11-9(5-13)7-14-16-11/h1-4,7,15H,5-6,13H2,(H,14,16). The summed E-state index contributed by atoms with van der Waals surface area (Å²) in [5, 5.41) is 6.67. The summed E-state index contributed by atoms with van der Waals surface area (Å²) in [4.78, 5) is 0. The Hall–Kier alpha value is -1.41. The first kappa shape index (κ1) is 14.0. The van der Waals surface area contributed by atoms with Crippen LogP contribution in [-0.2, 0) is 23.1 Å². The minimum atomic E-state index is -3.66. The number of aromatic nitrogens is 2. The van der Waals surface area contributed by atoms with Gasteiger partial charge in [0.15, 0.2) is 5.03 Å². The number of aromatic amines is 1. The summed E-state index contributed by atoms with van der Waals surface area (Å²) in [6.45, 7) is 0.246. The zero-order valence-electron chi connectivity index (χ0n) is 9.93. The molecule has 0 aliphatic carbocycles. The van der Waals surface area contributed by atoms with Crippen LogP contribution in [0.2, 0.25) is 5.02 Å². The molecule has 0 aliphatic heterocycles. The largest absolute Gasteiger partial charge is 0.326 e. The molecule has 0 saturated carbocycles. The van der Waals surface area contributed by atoms with Crippen LogP contribution in [-0.4, -0.2) is 18.6 Å². The third-order valence-electron chi connectivity index (χ3n) is 2.52. The zero-order valence-corrected chi connectivity index (χ0v) is 11.5. The summed E-state index contributed by atoms with van der Waals surface area (Å²) in [5.74, 6) is 0. The molecule has 0 spiro atoms. The Morgan fingerprint density at radius 1 is 1.42 bits per heavy atom. The fourth-order valence-corrected chi connectivity index (χ4v) is 2.94. The average molecular weight is 301 g/mol. The van der Waals surface area contributed by atoms with Crippen LogP contribution in [0.1, 0.15) is 11.1 Å². The smallest absolute Gasteiger partial charge is 0.258 e. The highest BCUT2D eigenvalue weighted by molar-refractivity contribution is 7.89. The monoisotopic (exact) mass is 300 g/mol. The highest BCUT2D eigenvalue weighted by Crippen LogP contribution is 2.13. The van der Waals surface area contributed by atoms with Gasteiger partial charge in [-0.25, -0.2) is 13.1 Å². The number of rotatable bonds is 5. The molecule has 1 aromatic heterocycles. The van der Waals surface area contributed by atoms with Crippen molar-refractivity contribution in [1.82, 2.24) is 14.9 Å². The van der Waals surface area contributed by atoms with Crippen LogP contribution in [0.3, 0.4) is 0 Å². The Labute approximate surface area is 116 Å². The molecular formula is C11H13ClN4O2S. The van der Waals surface area contributed by atoms with Crippen molar-refractivity contribution in [2.24, 2.45) is 5.73 Å². The number of nitrogens with two attached hydrogens (primary N) is 1. The molecule has 8 heteroatoms. The molecule has 19 heavy (non-hydrogen) atoms. The summed E-state index contributed by atoms with van der Waals surface area (Å²) in [6, 6.07) is 6.96. The third kappa shape index (κ3) is 3.32. The molecular weight excluding hydrogens is 288 g/mol. The summed E-state index contributed by atoms with van der Waals surface area (Å²) in [7, 11) is -3.66. The molecule has 0 fully saturated rings. The first-order chi connectivity index (χ1) is 9.03. The summed E-state index contributed by atoms with van der Waals surface area (Å²) >= 11 is 5.83. The lowest BCUT2D eigenvalue weighted by molar-refractivity contribution is 0.575. The quantitative estimate of drug-likeness (QED) is 0.767. The van der Waals surface area contributed by atoms with E-state index in [1.54, 1.807) is 24.3 Å². The van der Waals surface area contributed by atoms with E-state index in [-0.39, 0.29) is 18.1 Å². The van der Waals surface area contributed by atoms with E-state index in [1.807, 2.05) is 0 Å². The maximum absolute atomic E-state index is 12.1. The lowest BCUT2D eigenvalue weighted by Gasteiger charge is -2.06. The maximum Gasteiger partial charge on any atom is 0.258 e. The molecule has 0 amide bonds. The second-order valence-electron chi connectivity index (χ2n) is 3.88. The van der Waals surface area contributed by atoms with Crippen molar-refractivity contribution in [3.63, 3.8) is 0 Å². The van der Waals surface area contributed by atoms with Gasteiger partial charge < -0.3 is 5.73 Å². The van der Waals surface area contributed by atoms with Gasteiger partial charge in [-0.15, -0.1) is 0 Å². The van der Waals surface area contributed by atoms with Gasteiger partial charge in [-0.1, -0.05) is 23.7 Å². The molecule has 0 bridgehead atoms. The van der Waals surface area contributed by atoms with Gasteiger partial charge in [0, 0.05) is 23.7 Å². The van der Waals surface area contributed by atoms with E-state index in [4.69, 9.17) is 17.3 Å². The van der Waals surface area contributed by atoms with E-state index in [2.05, 4.69) is 14.9 Å². The number of sulfonamides is 1. The van der Waals surface area contributed by atoms with Crippen molar-refractivity contribution in [3.8, 4) is 0 Å². The number of benzene rings is 1. The molecule has 0 unspecified atom stereocenters. The number of nitrogens with one attached hydrogen (secondary N) is 2. The second-order valence-corrected chi connectivity index (χ2v) is 6.02. The van der Waals surface area contributed by atoms with Gasteiger partial charge in [0.2, 0.25) is 0 Å². The lowest BCUT2D eigenvalue weighted by atomic mass is 10.2. The minimum Gasteiger partial charge on any atom is -0.326 e. The Balaban J connectivity index is 2.14. The van der Waals surface area contributed by atoms with Crippen LogP contribution < -0.4 is 10.5 Å². The molecule has 2 aromatic rings. The molecule has 1 heterocycles. The van der Waals surface area contributed by atoms with Crippen LogP contribution in [0, 0.1) is 0 Å². The van der Waals surface area contributed by atoms with Crippen LogP contribution in [0.25, 0.3) is 0 Å². The van der Waals surface area contributed by atoms with E-state index >= 15 is 0 Å².